The Balaban J connectivity index is 2.11. The van der Waals surface area contributed by atoms with Gasteiger partial charge in [0.15, 0.2) is 5.11 Å². The number of nitrogens with two attached hydrogens (primary N) is 1. The number of aromatic nitrogens is 2. The van der Waals surface area contributed by atoms with Crippen molar-refractivity contribution >= 4 is 50.5 Å². The van der Waals surface area contributed by atoms with Crippen molar-refractivity contribution in [3.63, 3.8) is 0 Å². The third-order valence-electron chi connectivity index (χ3n) is 2.72. The van der Waals surface area contributed by atoms with Gasteiger partial charge in [-0.05, 0) is 43.4 Å². The van der Waals surface area contributed by atoms with Crippen LogP contribution >= 0.6 is 28.1 Å². The van der Waals surface area contributed by atoms with Gasteiger partial charge in [0, 0.05) is 16.7 Å². The normalized spacial score (nSPS) is 10.2. The van der Waals surface area contributed by atoms with Crippen LogP contribution in [0.25, 0.3) is 0 Å². The lowest BCUT2D eigenvalue weighted by atomic mass is 10.3. The molecule has 21 heavy (non-hydrogen) atoms. The summed E-state index contributed by atoms with van der Waals surface area (Å²) >= 11 is 8.58. The van der Waals surface area contributed by atoms with E-state index in [4.69, 9.17) is 18.0 Å². The molecule has 1 heterocycles. The van der Waals surface area contributed by atoms with Crippen molar-refractivity contribution in [1.29, 1.82) is 0 Å². The number of benzene rings is 1. The van der Waals surface area contributed by atoms with Gasteiger partial charge < -0.3 is 16.4 Å². The molecular formula is C13H14BrN5OS. The number of thiocarbonyl (C=S) groups is 1. The van der Waals surface area contributed by atoms with Crippen LogP contribution in [0.3, 0.4) is 0 Å². The van der Waals surface area contributed by atoms with Gasteiger partial charge in [-0.3, -0.25) is 9.48 Å². The lowest BCUT2D eigenvalue weighted by Crippen LogP contribution is -2.23. The molecule has 0 bridgehead atoms. The molecule has 4 N–H and O–H groups in total. The lowest BCUT2D eigenvalue weighted by molar-refractivity contribution is 0.0991. The first-order chi connectivity index (χ1) is 10.0. The summed E-state index contributed by atoms with van der Waals surface area (Å²) in [7, 11) is 0. The van der Waals surface area contributed by atoms with E-state index in [1.807, 2.05) is 31.2 Å². The molecule has 0 saturated heterocycles. The van der Waals surface area contributed by atoms with Gasteiger partial charge in [0.05, 0.1) is 11.9 Å². The number of amides is 1. The number of anilines is 2. The van der Waals surface area contributed by atoms with E-state index in [-0.39, 0.29) is 0 Å². The minimum Gasteiger partial charge on any atom is -0.364 e. The Morgan fingerprint density at radius 2 is 2.05 bits per heavy atom. The number of hydrogen-bond donors (Lipinski definition) is 3. The van der Waals surface area contributed by atoms with Gasteiger partial charge in [0.1, 0.15) is 5.69 Å². The van der Waals surface area contributed by atoms with Crippen molar-refractivity contribution in [2.24, 2.45) is 5.73 Å². The van der Waals surface area contributed by atoms with Crippen LogP contribution in [-0.2, 0) is 6.54 Å². The van der Waals surface area contributed by atoms with E-state index in [9.17, 15) is 4.79 Å². The Morgan fingerprint density at radius 1 is 1.38 bits per heavy atom. The molecule has 0 aliphatic heterocycles. The van der Waals surface area contributed by atoms with Gasteiger partial charge in [0.25, 0.3) is 5.91 Å². The molecule has 0 fully saturated rings. The minimum absolute atomic E-state index is 0.303. The first kappa shape index (κ1) is 15.5. The van der Waals surface area contributed by atoms with E-state index in [0.717, 1.165) is 10.2 Å². The van der Waals surface area contributed by atoms with Gasteiger partial charge >= 0.3 is 0 Å². The maximum Gasteiger partial charge on any atom is 0.269 e. The van der Waals surface area contributed by atoms with Crippen LogP contribution in [0.4, 0.5) is 11.4 Å². The topological polar surface area (TPSA) is 85.0 Å². The average molecular weight is 368 g/mol. The summed E-state index contributed by atoms with van der Waals surface area (Å²) in [6, 6.07) is 7.55. The molecule has 2 aromatic rings. The summed E-state index contributed by atoms with van der Waals surface area (Å²) in [6.45, 7) is 2.43. The Bertz CT molecular complexity index is 668. The molecule has 1 aromatic heterocycles. The Kier molecular flexibility index (Phi) is 4.92. The fraction of sp³-hybridized carbons (Fsp3) is 0.154. The van der Waals surface area contributed by atoms with Gasteiger partial charge in [-0.1, -0.05) is 15.9 Å². The van der Waals surface area contributed by atoms with Crippen molar-refractivity contribution in [1.82, 2.24) is 9.78 Å². The van der Waals surface area contributed by atoms with Gasteiger partial charge in [-0.2, -0.15) is 5.10 Å². The van der Waals surface area contributed by atoms with Crippen molar-refractivity contribution in [3.05, 3.63) is 40.6 Å². The van der Waals surface area contributed by atoms with Gasteiger partial charge in [-0.15, -0.1) is 0 Å². The molecule has 2 rings (SSSR count). The quantitative estimate of drug-likeness (QED) is 0.723. The molecule has 0 radical (unpaired) electrons. The molecule has 0 atom stereocenters. The summed E-state index contributed by atoms with van der Waals surface area (Å²) in [6.07, 6.45) is 1.53. The van der Waals surface area contributed by atoms with E-state index in [1.165, 1.54) is 10.9 Å². The van der Waals surface area contributed by atoms with Gasteiger partial charge in [0.2, 0.25) is 0 Å². The predicted octanol–water partition coefficient (Wildman–Crippen LogP) is 2.57. The van der Waals surface area contributed by atoms with Crippen molar-refractivity contribution in [3.8, 4) is 0 Å². The first-order valence-corrected chi connectivity index (χ1v) is 7.40. The predicted molar refractivity (Wildman–Crippen MR) is 90.4 cm³/mol. The molecule has 0 unspecified atom stereocenters. The molecule has 1 aromatic carbocycles. The fourth-order valence-corrected chi connectivity index (χ4v) is 2.29. The Morgan fingerprint density at radius 3 is 2.62 bits per heavy atom. The number of nitrogens with zero attached hydrogens (tertiary/aromatic N) is 2. The fourth-order valence-electron chi connectivity index (χ4n) is 1.79. The second-order valence-corrected chi connectivity index (χ2v) is 5.50. The SMILES string of the molecule is CCn1ncc(NC(=S)Nc2ccc(Br)cc2)c1C(N)=O. The standard InChI is InChI=1S/C13H14BrN5OS/c1-2-19-11(12(15)20)10(7-16-19)18-13(21)17-9-5-3-8(14)4-6-9/h3-7H,2H2,1H3,(H2,15,20)(H2,17,18,21). The van der Waals surface area contributed by atoms with Gasteiger partial charge in [-0.25, -0.2) is 0 Å². The van der Waals surface area contributed by atoms with Crippen LogP contribution in [0, 0.1) is 0 Å². The zero-order chi connectivity index (χ0) is 15.4. The minimum atomic E-state index is -0.553. The number of carbonyl (C=O) groups excluding carboxylic acids is 1. The Hall–Kier alpha value is -1.93. The van der Waals surface area contributed by atoms with E-state index in [1.54, 1.807) is 0 Å². The smallest absolute Gasteiger partial charge is 0.269 e. The zero-order valence-electron chi connectivity index (χ0n) is 11.3. The number of hydrogen-bond acceptors (Lipinski definition) is 3. The molecule has 1 amide bonds. The molecule has 8 heteroatoms. The maximum absolute atomic E-state index is 11.5. The average Bonchev–Trinajstić information content (AvgIpc) is 2.84. The zero-order valence-corrected chi connectivity index (χ0v) is 13.7. The van der Waals surface area contributed by atoms with E-state index in [2.05, 4.69) is 31.7 Å². The number of aryl methyl sites for hydroxylation is 1. The van der Waals surface area contributed by atoms with Crippen LogP contribution in [0.1, 0.15) is 17.4 Å². The summed E-state index contributed by atoms with van der Waals surface area (Å²) in [5.41, 5.74) is 6.99. The largest absolute Gasteiger partial charge is 0.364 e. The number of nitrogens with one attached hydrogen (secondary N) is 2. The highest BCUT2D eigenvalue weighted by Crippen LogP contribution is 2.17. The molecule has 0 aliphatic rings. The molecule has 0 aliphatic carbocycles. The van der Waals surface area contributed by atoms with Crippen LogP contribution in [0.2, 0.25) is 0 Å². The summed E-state index contributed by atoms with van der Waals surface area (Å²) < 4.78 is 2.50. The third kappa shape index (κ3) is 3.79. The summed E-state index contributed by atoms with van der Waals surface area (Å²) in [5.74, 6) is -0.553. The molecular weight excluding hydrogens is 354 g/mol. The van der Waals surface area contributed by atoms with E-state index in [0.29, 0.717) is 23.0 Å². The van der Waals surface area contributed by atoms with Crippen molar-refractivity contribution in [2.75, 3.05) is 10.6 Å². The van der Waals surface area contributed by atoms with Crippen molar-refractivity contribution in [2.45, 2.75) is 13.5 Å². The van der Waals surface area contributed by atoms with Crippen LogP contribution in [-0.4, -0.2) is 20.8 Å². The highest BCUT2D eigenvalue weighted by Gasteiger charge is 2.16. The first-order valence-electron chi connectivity index (χ1n) is 6.20. The second-order valence-electron chi connectivity index (χ2n) is 4.17. The number of rotatable bonds is 4. The lowest BCUT2D eigenvalue weighted by Gasteiger charge is -2.10. The molecule has 0 saturated carbocycles. The highest BCUT2D eigenvalue weighted by molar-refractivity contribution is 9.10. The van der Waals surface area contributed by atoms with Crippen LogP contribution < -0.4 is 16.4 Å². The summed E-state index contributed by atoms with van der Waals surface area (Å²) in [5, 5.41) is 10.4. The molecule has 6 nitrogen and oxygen atoms in total. The van der Waals surface area contributed by atoms with Crippen LogP contribution in [0.15, 0.2) is 34.9 Å². The number of halogens is 1. The maximum atomic E-state index is 11.5. The number of primary amides is 1. The monoisotopic (exact) mass is 367 g/mol. The van der Waals surface area contributed by atoms with E-state index < -0.39 is 5.91 Å². The van der Waals surface area contributed by atoms with Crippen LogP contribution in [0.5, 0.6) is 0 Å². The highest BCUT2D eigenvalue weighted by atomic mass is 79.9. The van der Waals surface area contributed by atoms with Crippen molar-refractivity contribution < 1.29 is 4.79 Å². The summed E-state index contributed by atoms with van der Waals surface area (Å²) in [4.78, 5) is 11.5. The third-order valence-corrected chi connectivity index (χ3v) is 3.46. The number of carbonyl (C=O) groups is 1. The molecule has 0 spiro atoms. The molecule has 110 valence electrons. The van der Waals surface area contributed by atoms with E-state index >= 15 is 0 Å². The Labute approximate surface area is 135 Å². The second kappa shape index (κ2) is 6.68.